The van der Waals surface area contributed by atoms with E-state index in [1.54, 1.807) is 24.3 Å². The molecule has 7 heteroatoms. The fraction of sp³-hybridized carbons (Fsp3) is 0.318. The van der Waals surface area contributed by atoms with Crippen molar-refractivity contribution in [3.05, 3.63) is 62.6 Å². The molecule has 0 atom stereocenters. The summed E-state index contributed by atoms with van der Waals surface area (Å²) in [5.41, 5.74) is 0.935. The number of hydrogen-bond acceptors (Lipinski definition) is 5. The molecule has 0 spiro atoms. The molecule has 6 nitrogen and oxygen atoms in total. The average molecular weight is 456 g/mol. The molecular weight excluding hydrogens is 434 g/mol. The normalized spacial score (nSPS) is 15.2. The summed E-state index contributed by atoms with van der Waals surface area (Å²) in [6, 6.07) is 10.7. The van der Waals surface area contributed by atoms with Crippen molar-refractivity contribution in [2.45, 2.75) is 38.0 Å². The summed E-state index contributed by atoms with van der Waals surface area (Å²) in [5, 5.41) is 15.3. The predicted molar refractivity (Wildman–Crippen MR) is 117 cm³/mol. The Morgan fingerprint density at radius 1 is 1.24 bits per heavy atom. The number of para-hydroxylation sites is 1. The summed E-state index contributed by atoms with van der Waals surface area (Å²) in [6.07, 6.45) is 6.93. The minimum absolute atomic E-state index is 0.0116. The van der Waals surface area contributed by atoms with Crippen LogP contribution in [0.2, 0.25) is 0 Å². The van der Waals surface area contributed by atoms with Gasteiger partial charge < -0.3 is 9.84 Å². The third-order valence-electron chi connectivity index (χ3n) is 5.37. The lowest BCUT2D eigenvalue weighted by molar-refractivity contribution is 0.373. The lowest BCUT2D eigenvalue weighted by Crippen LogP contribution is -2.25. The van der Waals surface area contributed by atoms with Gasteiger partial charge in [-0.2, -0.15) is 9.78 Å². The number of phenolic OH excluding ortho intramolecular Hbond substituents is 1. The van der Waals surface area contributed by atoms with Crippen molar-refractivity contribution >= 4 is 33.0 Å². The first-order valence-corrected chi connectivity index (χ1v) is 10.5. The number of nitrogens with zero attached hydrogens (tertiary/aromatic N) is 3. The molecule has 1 N–H and O–H groups in total. The van der Waals surface area contributed by atoms with Gasteiger partial charge in [0.1, 0.15) is 5.82 Å². The van der Waals surface area contributed by atoms with E-state index in [4.69, 9.17) is 9.72 Å². The number of fused-ring (bicyclic) bond motifs is 1. The first kappa shape index (κ1) is 19.6. The van der Waals surface area contributed by atoms with Gasteiger partial charge in [-0.3, -0.25) is 4.79 Å². The van der Waals surface area contributed by atoms with Gasteiger partial charge in [-0.05, 0) is 43.2 Å². The van der Waals surface area contributed by atoms with Crippen molar-refractivity contribution in [3.8, 4) is 11.5 Å². The van der Waals surface area contributed by atoms with Gasteiger partial charge in [0.05, 0.1) is 24.2 Å². The molecule has 29 heavy (non-hydrogen) atoms. The Hall–Kier alpha value is -2.67. The van der Waals surface area contributed by atoms with Crippen molar-refractivity contribution in [1.29, 1.82) is 0 Å². The van der Waals surface area contributed by atoms with Gasteiger partial charge in [-0.1, -0.05) is 41.3 Å². The SMILES string of the molecule is COc1cccc(C=Nn2c(C3CCCCC3)nc3ccc(Br)cc3c2=O)c1O. The summed E-state index contributed by atoms with van der Waals surface area (Å²) in [4.78, 5) is 18.1. The van der Waals surface area contributed by atoms with Crippen molar-refractivity contribution in [2.24, 2.45) is 5.10 Å². The van der Waals surface area contributed by atoms with Crippen LogP contribution in [0.1, 0.15) is 49.4 Å². The molecule has 0 radical (unpaired) electrons. The molecule has 1 aromatic heterocycles. The Bertz CT molecular complexity index is 1130. The molecule has 1 aliphatic rings. The van der Waals surface area contributed by atoms with E-state index < -0.39 is 0 Å². The highest BCUT2D eigenvalue weighted by atomic mass is 79.9. The van der Waals surface area contributed by atoms with Crippen LogP contribution in [-0.4, -0.2) is 28.1 Å². The summed E-state index contributed by atoms with van der Waals surface area (Å²) in [5.74, 6) is 1.22. The predicted octanol–water partition coefficient (Wildman–Crippen LogP) is 4.80. The maximum absolute atomic E-state index is 13.3. The van der Waals surface area contributed by atoms with Crippen LogP contribution < -0.4 is 10.3 Å². The van der Waals surface area contributed by atoms with Gasteiger partial charge in [0.2, 0.25) is 0 Å². The van der Waals surface area contributed by atoms with E-state index in [-0.39, 0.29) is 17.2 Å². The zero-order valence-corrected chi connectivity index (χ0v) is 17.7. The molecule has 1 heterocycles. The lowest BCUT2D eigenvalue weighted by Gasteiger charge is -2.22. The van der Waals surface area contributed by atoms with Gasteiger partial charge in [0.15, 0.2) is 11.5 Å². The fourth-order valence-electron chi connectivity index (χ4n) is 3.83. The highest BCUT2D eigenvalue weighted by molar-refractivity contribution is 9.10. The maximum Gasteiger partial charge on any atom is 0.282 e. The maximum atomic E-state index is 13.3. The Kier molecular flexibility index (Phi) is 5.67. The second-order valence-electron chi connectivity index (χ2n) is 7.23. The van der Waals surface area contributed by atoms with Crippen LogP contribution in [0.15, 0.2) is 50.8 Å². The van der Waals surface area contributed by atoms with Gasteiger partial charge in [-0.25, -0.2) is 4.98 Å². The molecule has 0 bridgehead atoms. The van der Waals surface area contributed by atoms with Crippen LogP contribution in [0.3, 0.4) is 0 Å². The molecule has 1 saturated carbocycles. The highest BCUT2D eigenvalue weighted by Crippen LogP contribution is 2.32. The highest BCUT2D eigenvalue weighted by Gasteiger charge is 2.22. The Morgan fingerprint density at radius 3 is 2.79 bits per heavy atom. The molecule has 0 unspecified atom stereocenters. The van der Waals surface area contributed by atoms with E-state index in [2.05, 4.69) is 21.0 Å². The molecule has 3 aromatic rings. The molecule has 1 aliphatic carbocycles. The number of aromatic hydroxyl groups is 1. The average Bonchev–Trinajstić information content (AvgIpc) is 2.75. The molecule has 2 aromatic carbocycles. The van der Waals surface area contributed by atoms with Crippen LogP contribution in [0, 0.1) is 0 Å². The van der Waals surface area contributed by atoms with Gasteiger partial charge in [0.25, 0.3) is 5.56 Å². The number of benzene rings is 2. The third kappa shape index (κ3) is 3.92. The number of rotatable bonds is 4. The standard InChI is InChI=1S/C22H22BrN3O3/c1-29-19-9-5-8-15(20(19)27)13-24-26-21(14-6-3-2-4-7-14)25-18-11-10-16(23)12-17(18)22(26)28/h5,8-14,27H,2-4,6-7H2,1H3. The summed E-state index contributed by atoms with van der Waals surface area (Å²) in [7, 11) is 1.49. The number of methoxy groups -OCH3 is 1. The second-order valence-corrected chi connectivity index (χ2v) is 8.14. The molecule has 0 saturated heterocycles. The monoisotopic (exact) mass is 455 g/mol. The van der Waals surface area contributed by atoms with Crippen LogP contribution >= 0.6 is 15.9 Å². The third-order valence-corrected chi connectivity index (χ3v) is 5.86. The topological polar surface area (TPSA) is 76.7 Å². The smallest absolute Gasteiger partial charge is 0.282 e. The molecule has 0 aliphatic heterocycles. The zero-order chi connectivity index (χ0) is 20.4. The van der Waals surface area contributed by atoms with Crippen molar-refractivity contribution < 1.29 is 9.84 Å². The fourth-order valence-corrected chi connectivity index (χ4v) is 4.19. The van der Waals surface area contributed by atoms with Crippen LogP contribution in [0.25, 0.3) is 10.9 Å². The number of ether oxygens (including phenoxy) is 1. The van der Waals surface area contributed by atoms with E-state index in [0.717, 1.165) is 30.2 Å². The van der Waals surface area contributed by atoms with Crippen molar-refractivity contribution in [2.75, 3.05) is 7.11 Å². The largest absolute Gasteiger partial charge is 0.504 e. The Labute approximate surface area is 177 Å². The lowest BCUT2D eigenvalue weighted by atomic mass is 9.88. The zero-order valence-electron chi connectivity index (χ0n) is 16.1. The first-order chi connectivity index (χ1) is 14.1. The van der Waals surface area contributed by atoms with E-state index >= 15 is 0 Å². The van der Waals surface area contributed by atoms with Crippen molar-refractivity contribution in [1.82, 2.24) is 9.66 Å². The number of hydrogen-bond donors (Lipinski definition) is 1. The molecule has 4 rings (SSSR count). The molecule has 1 fully saturated rings. The van der Waals surface area contributed by atoms with E-state index in [0.29, 0.717) is 28.0 Å². The van der Waals surface area contributed by atoms with Crippen LogP contribution in [-0.2, 0) is 0 Å². The second kappa shape index (κ2) is 8.37. The molecule has 0 amide bonds. The van der Waals surface area contributed by atoms with E-state index in [1.807, 2.05) is 12.1 Å². The van der Waals surface area contributed by atoms with Crippen LogP contribution in [0.5, 0.6) is 11.5 Å². The molecular formula is C22H22BrN3O3. The van der Waals surface area contributed by atoms with E-state index in [1.165, 1.54) is 24.4 Å². The number of halogens is 1. The van der Waals surface area contributed by atoms with Gasteiger partial charge >= 0.3 is 0 Å². The quantitative estimate of drug-likeness (QED) is 0.572. The van der Waals surface area contributed by atoms with Crippen molar-refractivity contribution in [3.63, 3.8) is 0 Å². The summed E-state index contributed by atoms with van der Waals surface area (Å²) in [6.45, 7) is 0. The summed E-state index contributed by atoms with van der Waals surface area (Å²) >= 11 is 3.43. The summed E-state index contributed by atoms with van der Waals surface area (Å²) < 4.78 is 7.36. The number of phenols is 1. The minimum atomic E-state index is -0.212. The van der Waals surface area contributed by atoms with E-state index in [9.17, 15) is 9.90 Å². The Balaban J connectivity index is 1.87. The minimum Gasteiger partial charge on any atom is -0.504 e. The number of aromatic nitrogens is 2. The molecule has 150 valence electrons. The Morgan fingerprint density at radius 2 is 2.03 bits per heavy atom. The first-order valence-electron chi connectivity index (χ1n) is 9.71. The van der Waals surface area contributed by atoms with Crippen LogP contribution in [0.4, 0.5) is 0 Å². The van der Waals surface area contributed by atoms with Gasteiger partial charge in [0, 0.05) is 16.0 Å². The van der Waals surface area contributed by atoms with Gasteiger partial charge in [-0.15, -0.1) is 0 Å².